The normalized spacial score (nSPS) is 11.0. The third-order valence-corrected chi connectivity index (χ3v) is 3.88. The smallest absolute Gasteiger partial charge is 0.475 e. The van der Waals surface area contributed by atoms with Crippen molar-refractivity contribution in [2.45, 2.75) is 12.7 Å². The van der Waals surface area contributed by atoms with Gasteiger partial charge in [-0.1, -0.05) is 24.3 Å². The van der Waals surface area contributed by atoms with Crippen LogP contribution in [0.1, 0.15) is 5.76 Å². The van der Waals surface area contributed by atoms with Crippen molar-refractivity contribution in [3.05, 3.63) is 67.0 Å². The minimum atomic E-state index is -5.08. The van der Waals surface area contributed by atoms with Gasteiger partial charge in [-0.05, 0) is 17.7 Å². The largest absolute Gasteiger partial charge is 0.490 e. The van der Waals surface area contributed by atoms with Gasteiger partial charge in [0, 0.05) is 23.5 Å². The number of halogens is 3. The van der Waals surface area contributed by atoms with Gasteiger partial charge >= 0.3 is 12.1 Å². The Labute approximate surface area is 173 Å². The van der Waals surface area contributed by atoms with Gasteiger partial charge in [0.05, 0.1) is 12.7 Å². The van der Waals surface area contributed by atoms with E-state index in [2.05, 4.69) is 15.0 Å². The van der Waals surface area contributed by atoms with Gasteiger partial charge in [0.25, 0.3) is 5.89 Å². The second kappa shape index (κ2) is 9.22. The molecule has 0 saturated heterocycles. The van der Waals surface area contributed by atoms with Crippen molar-refractivity contribution < 1.29 is 31.9 Å². The van der Waals surface area contributed by atoms with E-state index in [4.69, 9.17) is 24.5 Å². The van der Waals surface area contributed by atoms with Gasteiger partial charge in [0.2, 0.25) is 5.82 Å². The summed E-state index contributed by atoms with van der Waals surface area (Å²) < 4.78 is 42.6. The van der Waals surface area contributed by atoms with Crippen LogP contribution in [0.5, 0.6) is 0 Å². The van der Waals surface area contributed by atoms with Crippen molar-refractivity contribution >= 4 is 5.97 Å². The molecule has 0 atom stereocenters. The van der Waals surface area contributed by atoms with E-state index in [-0.39, 0.29) is 0 Å². The van der Waals surface area contributed by atoms with Crippen molar-refractivity contribution in [3.63, 3.8) is 0 Å². The van der Waals surface area contributed by atoms with Gasteiger partial charge in [-0.15, -0.1) is 0 Å². The molecule has 0 unspecified atom stereocenters. The molecular formula is C20H15F3N4O4. The summed E-state index contributed by atoms with van der Waals surface area (Å²) in [6.45, 7) is 0.395. The Morgan fingerprint density at radius 2 is 1.58 bits per heavy atom. The molecule has 0 aliphatic heterocycles. The Balaban J connectivity index is 0.000000339. The fourth-order valence-corrected chi connectivity index (χ4v) is 2.39. The van der Waals surface area contributed by atoms with E-state index < -0.39 is 12.1 Å². The number of carboxylic acids is 1. The van der Waals surface area contributed by atoms with Crippen LogP contribution in [0.2, 0.25) is 0 Å². The third kappa shape index (κ3) is 5.54. The number of aliphatic carboxylic acids is 1. The van der Waals surface area contributed by atoms with Crippen molar-refractivity contribution in [1.29, 1.82) is 0 Å². The molecule has 3 aromatic heterocycles. The highest BCUT2D eigenvalue weighted by Gasteiger charge is 2.38. The maximum atomic E-state index is 10.6. The number of aromatic nitrogens is 3. The quantitative estimate of drug-likeness (QED) is 0.492. The Morgan fingerprint density at radius 3 is 2.06 bits per heavy atom. The minimum absolute atomic E-state index is 0.395. The number of hydrogen-bond acceptors (Lipinski definition) is 7. The highest BCUT2D eigenvalue weighted by Crippen LogP contribution is 2.26. The first-order valence-electron chi connectivity index (χ1n) is 8.69. The number of carboxylic acid groups (broad SMARTS) is 1. The molecule has 11 heteroatoms. The summed E-state index contributed by atoms with van der Waals surface area (Å²) in [6, 6.07) is 11.8. The molecule has 8 nitrogen and oxygen atoms in total. The molecule has 4 aromatic rings. The Kier molecular flexibility index (Phi) is 6.46. The second-order valence-corrected chi connectivity index (χ2v) is 5.98. The topological polar surface area (TPSA) is 128 Å². The number of rotatable bonds is 4. The van der Waals surface area contributed by atoms with Gasteiger partial charge in [-0.2, -0.15) is 13.2 Å². The molecule has 0 aliphatic rings. The zero-order valence-electron chi connectivity index (χ0n) is 15.7. The van der Waals surface area contributed by atoms with Crippen LogP contribution in [0.25, 0.3) is 34.2 Å². The Morgan fingerprint density at radius 1 is 0.968 bits per heavy atom. The summed E-state index contributed by atoms with van der Waals surface area (Å²) in [5.41, 5.74) is 8.50. The van der Waals surface area contributed by atoms with Crippen molar-refractivity contribution in [2.75, 3.05) is 0 Å². The summed E-state index contributed by atoms with van der Waals surface area (Å²) in [4.78, 5) is 21.5. The molecule has 0 saturated carbocycles. The lowest BCUT2D eigenvalue weighted by Gasteiger charge is -2.03. The summed E-state index contributed by atoms with van der Waals surface area (Å²) in [5.74, 6) is -0.315. The second-order valence-electron chi connectivity index (χ2n) is 5.98. The monoisotopic (exact) mass is 432 g/mol. The van der Waals surface area contributed by atoms with Crippen LogP contribution < -0.4 is 5.73 Å². The molecule has 0 bridgehead atoms. The summed E-state index contributed by atoms with van der Waals surface area (Å²) in [7, 11) is 0. The van der Waals surface area contributed by atoms with E-state index in [0.717, 1.165) is 28.2 Å². The van der Waals surface area contributed by atoms with E-state index in [1.54, 1.807) is 18.6 Å². The van der Waals surface area contributed by atoms with Crippen LogP contribution in [0, 0.1) is 0 Å². The number of benzene rings is 1. The number of oxazole rings is 1. The lowest BCUT2D eigenvalue weighted by Crippen LogP contribution is -2.21. The van der Waals surface area contributed by atoms with Crippen molar-refractivity contribution in [1.82, 2.24) is 15.0 Å². The lowest BCUT2D eigenvalue weighted by molar-refractivity contribution is -0.192. The van der Waals surface area contributed by atoms with Gasteiger partial charge < -0.3 is 19.7 Å². The molecular weight excluding hydrogens is 417 g/mol. The maximum absolute atomic E-state index is 10.6. The minimum Gasteiger partial charge on any atom is -0.475 e. The van der Waals surface area contributed by atoms with E-state index >= 15 is 0 Å². The van der Waals surface area contributed by atoms with Gasteiger partial charge in [0.15, 0.2) is 0 Å². The van der Waals surface area contributed by atoms with Gasteiger partial charge in [-0.25, -0.2) is 19.7 Å². The number of nitrogens with two attached hydrogens (primary N) is 1. The molecule has 4 rings (SSSR count). The van der Waals surface area contributed by atoms with Crippen LogP contribution in [0.15, 0.2) is 70.1 Å². The third-order valence-electron chi connectivity index (χ3n) is 3.88. The molecule has 3 heterocycles. The average Bonchev–Trinajstić information content (AvgIpc) is 3.46. The number of carbonyl (C=O) groups is 1. The molecule has 0 spiro atoms. The van der Waals surface area contributed by atoms with Crippen molar-refractivity contribution in [2.24, 2.45) is 5.73 Å². The molecule has 31 heavy (non-hydrogen) atoms. The maximum Gasteiger partial charge on any atom is 0.490 e. The predicted octanol–water partition coefficient (Wildman–Crippen LogP) is 4.15. The molecule has 1 aromatic carbocycles. The van der Waals surface area contributed by atoms with Gasteiger partial charge in [0.1, 0.15) is 17.8 Å². The van der Waals surface area contributed by atoms with Crippen molar-refractivity contribution in [3.8, 4) is 34.2 Å². The fourth-order valence-electron chi connectivity index (χ4n) is 2.39. The number of alkyl halides is 3. The standard InChI is InChI=1S/C18H14N4O2.C2HF3O2/c19-9-15-5-6-16(24-15)13-3-1-12(2-4-13)14-10-21-17(22-11-14)18-20-7-8-23-18;3-2(4,5)1(6)7/h1-8,10-11H,9,19H2;(H,6,7). The predicted molar refractivity (Wildman–Crippen MR) is 102 cm³/mol. The molecule has 0 amide bonds. The zero-order chi connectivity index (χ0) is 22.4. The first-order valence-corrected chi connectivity index (χ1v) is 8.69. The number of hydrogen-bond donors (Lipinski definition) is 2. The summed E-state index contributed by atoms with van der Waals surface area (Å²) in [6.07, 6.45) is 1.48. The average molecular weight is 432 g/mol. The van der Waals surface area contributed by atoms with Crippen LogP contribution in [0.3, 0.4) is 0 Å². The Bertz CT molecular complexity index is 1120. The summed E-state index contributed by atoms with van der Waals surface area (Å²) in [5, 5.41) is 7.12. The van der Waals surface area contributed by atoms with Crippen LogP contribution >= 0.6 is 0 Å². The van der Waals surface area contributed by atoms with Crippen LogP contribution in [-0.2, 0) is 11.3 Å². The SMILES string of the molecule is NCc1ccc(-c2ccc(-c3cnc(-c4ncco4)nc3)cc2)o1.O=C(O)C(F)(F)F. The van der Waals surface area contributed by atoms with Gasteiger partial charge in [-0.3, -0.25) is 0 Å². The summed E-state index contributed by atoms with van der Waals surface area (Å²) >= 11 is 0. The van der Waals surface area contributed by atoms with E-state index in [1.165, 1.54) is 6.26 Å². The van der Waals surface area contributed by atoms with Crippen LogP contribution in [-0.4, -0.2) is 32.2 Å². The van der Waals surface area contributed by atoms with E-state index in [9.17, 15) is 13.2 Å². The first kappa shape index (κ1) is 21.7. The lowest BCUT2D eigenvalue weighted by atomic mass is 10.1. The Hall–Kier alpha value is -3.99. The molecule has 0 radical (unpaired) electrons. The zero-order valence-corrected chi connectivity index (χ0v) is 15.7. The van der Waals surface area contributed by atoms with E-state index in [1.807, 2.05) is 36.4 Å². The molecule has 160 valence electrons. The highest BCUT2D eigenvalue weighted by molar-refractivity contribution is 5.73. The molecule has 0 aliphatic carbocycles. The first-order chi connectivity index (χ1) is 14.8. The highest BCUT2D eigenvalue weighted by atomic mass is 19.4. The molecule has 3 N–H and O–H groups in total. The van der Waals surface area contributed by atoms with Crippen LogP contribution in [0.4, 0.5) is 13.2 Å². The number of nitrogens with zero attached hydrogens (tertiary/aromatic N) is 3. The van der Waals surface area contributed by atoms with E-state index in [0.29, 0.717) is 18.3 Å². The number of furan rings is 1. The fraction of sp³-hybridized carbons (Fsp3) is 0.100. The molecule has 0 fully saturated rings.